The van der Waals surface area contributed by atoms with E-state index >= 15 is 0 Å². The van der Waals surface area contributed by atoms with Crippen LogP contribution in [0.15, 0.2) is 56.3 Å². The first kappa shape index (κ1) is 19.3. The molecule has 2 fully saturated rings. The number of hydrogen-bond donors (Lipinski definition) is 1. The van der Waals surface area contributed by atoms with Crippen LogP contribution >= 0.6 is 0 Å². The summed E-state index contributed by atoms with van der Waals surface area (Å²) in [6, 6.07) is 14.3. The maximum atomic E-state index is 11.3. The molecule has 3 heterocycles. The highest BCUT2D eigenvalue weighted by Gasteiger charge is 2.29. The topological polar surface area (TPSA) is 97.4 Å². The molecule has 1 saturated carbocycles. The molecule has 6 rings (SSSR count). The number of piperidine rings is 1. The maximum absolute atomic E-state index is 11.3. The Morgan fingerprint density at radius 1 is 0.969 bits per heavy atom. The number of aromatic amines is 1. The fraction of sp³-hybridized carbons (Fsp3) is 0.375. The molecule has 0 amide bonds. The first-order valence-corrected chi connectivity index (χ1v) is 11.2. The van der Waals surface area contributed by atoms with Crippen LogP contribution in [0.1, 0.15) is 32.1 Å². The smallest absolute Gasteiger partial charge is 0.439 e. The summed E-state index contributed by atoms with van der Waals surface area (Å²) >= 11 is 0. The third kappa shape index (κ3) is 3.60. The van der Waals surface area contributed by atoms with Gasteiger partial charge in [-0.2, -0.15) is 0 Å². The molecule has 8 heteroatoms. The van der Waals surface area contributed by atoms with Gasteiger partial charge < -0.3 is 14.2 Å². The first-order valence-electron chi connectivity index (χ1n) is 11.2. The number of nitrogens with one attached hydrogen (secondary N) is 1. The van der Waals surface area contributed by atoms with Crippen molar-refractivity contribution >= 4 is 10.9 Å². The summed E-state index contributed by atoms with van der Waals surface area (Å²) in [7, 11) is 0. The zero-order valence-corrected chi connectivity index (χ0v) is 17.6. The average Bonchev–Trinajstić information content (AvgIpc) is 3.40. The van der Waals surface area contributed by atoms with Crippen LogP contribution in [0.3, 0.4) is 0 Å². The average molecular weight is 432 g/mol. The molecular formula is C24H24N4O4. The fourth-order valence-electron chi connectivity index (χ4n) is 4.67. The van der Waals surface area contributed by atoms with Gasteiger partial charge in [0.1, 0.15) is 17.4 Å². The van der Waals surface area contributed by atoms with E-state index in [1.54, 1.807) is 0 Å². The Kier molecular flexibility index (Phi) is 4.79. The highest BCUT2D eigenvalue weighted by atomic mass is 16.5. The molecule has 0 bridgehead atoms. The zero-order chi connectivity index (χ0) is 21.5. The van der Waals surface area contributed by atoms with Crippen molar-refractivity contribution in [3.05, 3.63) is 53.0 Å². The van der Waals surface area contributed by atoms with Gasteiger partial charge in [0.05, 0.1) is 5.39 Å². The molecule has 0 unspecified atom stereocenters. The Bertz CT molecular complexity index is 1290. The van der Waals surface area contributed by atoms with Crippen molar-refractivity contribution in [2.24, 2.45) is 0 Å². The van der Waals surface area contributed by atoms with E-state index in [2.05, 4.69) is 24.7 Å². The SMILES string of the molecule is O=c1[nH]c(-c2ccc3noc(-c4cccc(OC5CCN(C6CCC6)CC5)c4)c3c2)no1. The molecule has 4 aromatic rings. The molecule has 1 N–H and O–H groups in total. The molecule has 2 aromatic heterocycles. The van der Waals surface area contributed by atoms with Crippen LogP contribution in [0.4, 0.5) is 0 Å². The molecular weight excluding hydrogens is 408 g/mol. The Labute approximate surface area is 184 Å². The van der Waals surface area contributed by atoms with Crippen LogP contribution in [0, 0.1) is 0 Å². The molecule has 8 nitrogen and oxygen atoms in total. The lowest BCUT2D eigenvalue weighted by molar-refractivity contribution is 0.0493. The van der Waals surface area contributed by atoms with Crippen LogP contribution in [0.5, 0.6) is 5.75 Å². The van der Waals surface area contributed by atoms with Crippen molar-refractivity contribution in [1.82, 2.24) is 20.2 Å². The number of H-pyrrole nitrogens is 1. The van der Waals surface area contributed by atoms with E-state index < -0.39 is 5.76 Å². The summed E-state index contributed by atoms with van der Waals surface area (Å²) in [5, 5.41) is 8.78. The van der Waals surface area contributed by atoms with Crippen LogP contribution in [0.2, 0.25) is 0 Å². The second-order valence-corrected chi connectivity index (χ2v) is 8.65. The first-order chi connectivity index (χ1) is 15.7. The van der Waals surface area contributed by atoms with Gasteiger partial charge in [-0.1, -0.05) is 28.9 Å². The van der Waals surface area contributed by atoms with Crippen molar-refractivity contribution in [3.63, 3.8) is 0 Å². The summed E-state index contributed by atoms with van der Waals surface area (Å²) in [4.78, 5) is 16.5. The minimum atomic E-state index is -0.589. The molecule has 0 spiro atoms. The Morgan fingerprint density at radius 3 is 2.59 bits per heavy atom. The molecule has 2 aromatic carbocycles. The van der Waals surface area contributed by atoms with Crippen molar-refractivity contribution in [1.29, 1.82) is 0 Å². The van der Waals surface area contributed by atoms with Gasteiger partial charge in [0, 0.05) is 30.3 Å². The monoisotopic (exact) mass is 432 g/mol. The van der Waals surface area contributed by atoms with E-state index in [0.717, 1.165) is 59.8 Å². The fourth-order valence-corrected chi connectivity index (χ4v) is 4.67. The molecule has 1 aliphatic carbocycles. The molecule has 0 atom stereocenters. The lowest BCUT2D eigenvalue weighted by Gasteiger charge is -2.41. The van der Waals surface area contributed by atoms with E-state index in [9.17, 15) is 4.79 Å². The highest BCUT2D eigenvalue weighted by molar-refractivity contribution is 5.94. The largest absolute Gasteiger partial charge is 0.490 e. The minimum absolute atomic E-state index is 0.239. The van der Waals surface area contributed by atoms with Crippen LogP contribution in [-0.2, 0) is 0 Å². The van der Waals surface area contributed by atoms with E-state index in [0.29, 0.717) is 11.6 Å². The molecule has 1 aliphatic heterocycles. The number of fused-ring (bicyclic) bond motifs is 1. The minimum Gasteiger partial charge on any atom is -0.490 e. The summed E-state index contributed by atoms with van der Waals surface area (Å²) in [6.45, 7) is 2.24. The molecule has 0 radical (unpaired) electrons. The number of likely N-dealkylation sites (tertiary alicyclic amines) is 1. The Hall–Kier alpha value is -3.39. The second-order valence-electron chi connectivity index (χ2n) is 8.65. The summed E-state index contributed by atoms with van der Waals surface area (Å²) in [5.74, 6) is 1.27. The van der Waals surface area contributed by atoms with Gasteiger partial charge in [-0.15, -0.1) is 0 Å². The lowest BCUT2D eigenvalue weighted by Crippen LogP contribution is -2.46. The lowest BCUT2D eigenvalue weighted by atomic mass is 9.90. The van der Waals surface area contributed by atoms with E-state index in [-0.39, 0.29) is 6.10 Å². The highest BCUT2D eigenvalue weighted by Crippen LogP contribution is 2.34. The van der Waals surface area contributed by atoms with Crippen LogP contribution in [0.25, 0.3) is 33.6 Å². The summed E-state index contributed by atoms with van der Waals surface area (Å²) in [5.41, 5.74) is 2.34. The number of hydrogen-bond acceptors (Lipinski definition) is 7. The molecule has 32 heavy (non-hydrogen) atoms. The predicted octanol–water partition coefficient (Wildman–Crippen LogP) is 4.23. The quantitative estimate of drug-likeness (QED) is 0.504. The van der Waals surface area contributed by atoms with Crippen molar-refractivity contribution < 1.29 is 13.8 Å². The summed E-state index contributed by atoms with van der Waals surface area (Å²) in [6.07, 6.45) is 6.45. The molecule has 2 aliphatic rings. The van der Waals surface area contributed by atoms with Gasteiger partial charge >= 0.3 is 5.76 Å². The number of benzene rings is 2. The van der Waals surface area contributed by atoms with E-state index in [1.807, 2.05) is 42.5 Å². The second kappa shape index (κ2) is 7.94. The van der Waals surface area contributed by atoms with Gasteiger partial charge in [0.25, 0.3) is 0 Å². The van der Waals surface area contributed by atoms with Crippen LogP contribution < -0.4 is 10.5 Å². The normalized spacial score (nSPS) is 18.1. The van der Waals surface area contributed by atoms with Gasteiger partial charge in [0.15, 0.2) is 11.6 Å². The van der Waals surface area contributed by atoms with Crippen molar-refractivity contribution in [2.45, 2.75) is 44.2 Å². The third-order valence-electron chi connectivity index (χ3n) is 6.66. The van der Waals surface area contributed by atoms with Crippen LogP contribution in [-0.4, -0.2) is 45.4 Å². The summed E-state index contributed by atoms with van der Waals surface area (Å²) < 4.78 is 16.6. The van der Waals surface area contributed by atoms with Gasteiger partial charge in [-0.25, -0.2) is 4.79 Å². The number of nitrogens with zero attached hydrogens (tertiary/aromatic N) is 3. The van der Waals surface area contributed by atoms with Gasteiger partial charge in [-0.3, -0.25) is 9.51 Å². The molecule has 164 valence electrons. The standard InChI is InChI=1S/C24H24N4O4/c29-24-25-23(27-32-24)16-7-8-21-20(14-16)22(31-26-21)15-3-1-6-19(13-15)30-18-9-11-28(12-10-18)17-4-2-5-17/h1,3,6-8,13-14,17-18H,2,4-5,9-12H2,(H,25,27,29). The van der Waals surface area contributed by atoms with Gasteiger partial charge in [-0.05, 0) is 56.0 Å². The number of rotatable bonds is 5. The Morgan fingerprint density at radius 2 is 1.84 bits per heavy atom. The maximum Gasteiger partial charge on any atom is 0.439 e. The third-order valence-corrected chi connectivity index (χ3v) is 6.66. The zero-order valence-electron chi connectivity index (χ0n) is 17.6. The Balaban J connectivity index is 1.23. The van der Waals surface area contributed by atoms with Gasteiger partial charge in [0.2, 0.25) is 0 Å². The van der Waals surface area contributed by atoms with Crippen molar-refractivity contribution in [3.8, 4) is 28.5 Å². The number of ether oxygens (including phenoxy) is 1. The number of aromatic nitrogens is 3. The predicted molar refractivity (Wildman–Crippen MR) is 118 cm³/mol. The van der Waals surface area contributed by atoms with E-state index in [4.69, 9.17) is 9.26 Å². The van der Waals surface area contributed by atoms with Crippen molar-refractivity contribution in [2.75, 3.05) is 13.1 Å². The van der Waals surface area contributed by atoms with E-state index in [1.165, 1.54) is 19.3 Å². The molecule has 1 saturated heterocycles.